The summed E-state index contributed by atoms with van der Waals surface area (Å²) in [5.41, 5.74) is 0. The molecule has 2 unspecified atom stereocenters. The van der Waals surface area contributed by atoms with Crippen LogP contribution in [-0.4, -0.2) is 7.28 Å². The van der Waals surface area contributed by atoms with Crippen molar-refractivity contribution >= 4 is 7.28 Å². The molecule has 0 aromatic carbocycles. The summed E-state index contributed by atoms with van der Waals surface area (Å²) in [5, 5.41) is 0. The fourth-order valence-electron chi connectivity index (χ4n) is 5.23. The summed E-state index contributed by atoms with van der Waals surface area (Å²) < 4.78 is 0. The maximum Gasteiger partial charge on any atom is 0.119 e. The third-order valence-corrected chi connectivity index (χ3v) is 7.85. The van der Waals surface area contributed by atoms with Crippen LogP contribution in [0.4, 0.5) is 0 Å². The highest BCUT2D eigenvalue weighted by atomic mass is 14.5. The lowest BCUT2D eigenvalue weighted by atomic mass is 9.46. The minimum Gasteiger partial charge on any atom is -0.0630 e. The van der Waals surface area contributed by atoms with Gasteiger partial charge in [-0.15, -0.1) is 0 Å². The van der Waals surface area contributed by atoms with Gasteiger partial charge in [0.05, 0.1) is 0 Å². The Bertz CT molecular complexity index is 255. The van der Waals surface area contributed by atoms with Crippen molar-refractivity contribution in [1.82, 2.24) is 0 Å². The average Bonchev–Trinajstić information content (AvgIpc) is 2.68. The third kappa shape index (κ3) is 2.40. The van der Waals surface area contributed by atoms with Gasteiger partial charge in [0.15, 0.2) is 0 Å². The van der Waals surface area contributed by atoms with Gasteiger partial charge in [-0.3, -0.25) is 0 Å². The molecule has 1 heteroatoms. The Morgan fingerprint density at radius 1 is 0.368 bits per heavy atom. The normalized spacial score (nSPS) is 58.5. The highest BCUT2D eigenvalue weighted by Gasteiger charge is 2.47. The summed E-state index contributed by atoms with van der Waals surface area (Å²) in [7, 11) is 2.80. The summed E-state index contributed by atoms with van der Waals surface area (Å²) in [5.74, 6) is 8.72. The van der Waals surface area contributed by atoms with E-state index in [4.69, 9.17) is 0 Å². The van der Waals surface area contributed by atoms with Crippen molar-refractivity contribution in [3.63, 3.8) is 0 Å². The molecule has 2 aliphatic rings. The van der Waals surface area contributed by atoms with Gasteiger partial charge in [-0.05, 0) is 47.3 Å². The predicted octanol–water partition coefficient (Wildman–Crippen LogP) is 5.38. The van der Waals surface area contributed by atoms with Crippen LogP contribution in [0, 0.1) is 47.3 Å². The van der Waals surface area contributed by atoms with E-state index in [-0.39, 0.29) is 0 Å². The van der Waals surface area contributed by atoms with Crippen molar-refractivity contribution in [3.8, 4) is 0 Å². The Hall–Kier alpha value is 0.0649. The van der Waals surface area contributed by atoms with Crippen LogP contribution in [0.5, 0.6) is 0 Å². The van der Waals surface area contributed by atoms with Gasteiger partial charge in [0.1, 0.15) is 7.28 Å². The molecule has 0 amide bonds. The fraction of sp³-hybridized carbons (Fsp3) is 1.00. The van der Waals surface area contributed by atoms with Crippen molar-refractivity contribution in [2.45, 2.75) is 67.0 Å². The molecule has 109 valence electrons. The topological polar surface area (TPSA) is 0 Å². The van der Waals surface area contributed by atoms with Crippen molar-refractivity contribution < 1.29 is 0 Å². The Morgan fingerprint density at radius 3 is 0.789 bits per heavy atom. The summed E-state index contributed by atoms with van der Waals surface area (Å²) in [6, 6.07) is 0. The van der Waals surface area contributed by atoms with Gasteiger partial charge in [-0.25, -0.2) is 0 Å². The maximum atomic E-state index is 2.80. The molecule has 10 atom stereocenters. The van der Waals surface area contributed by atoms with Crippen LogP contribution < -0.4 is 0 Å². The van der Waals surface area contributed by atoms with E-state index in [1.54, 1.807) is 0 Å². The molecule has 0 saturated heterocycles. The second-order valence-electron chi connectivity index (χ2n) is 8.22. The second-order valence-corrected chi connectivity index (χ2v) is 8.22. The first kappa shape index (κ1) is 15.5. The molecular weight excluding hydrogens is 227 g/mol. The van der Waals surface area contributed by atoms with E-state index in [0.717, 1.165) is 59.0 Å². The smallest absolute Gasteiger partial charge is 0.0630 e. The van der Waals surface area contributed by atoms with E-state index in [9.17, 15) is 0 Å². The first-order valence-corrected chi connectivity index (χ1v) is 8.62. The zero-order valence-corrected chi connectivity index (χ0v) is 14.4. The van der Waals surface area contributed by atoms with Gasteiger partial charge in [0.25, 0.3) is 0 Å². The molecule has 2 aliphatic carbocycles. The van der Waals surface area contributed by atoms with E-state index in [0.29, 0.717) is 0 Å². The summed E-state index contributed by atoms with van der Waals surface area (Å²) in [6.07, 6.45) is 0. The predicted molar refractivity (Wildman–Crippen MR) is 86.6 cm³/mol. The zero-order chi connectivity index (χ0) is 14.5. The van der Waals surface area contributed by atoms with Crippen LogP contribution in [0.2, 0.25) is 11.6 Å². The lowest BCUT2D eigenvalue weighted by Gasteiger charge is -2.29. The first-order valence-electron chi connectivity index (χ1n) is 8.62. The van der Waals surface area contributed by atoms with Crippen molar-refractivity contribution in [1.29, 1.82) is 0 Å². The molecule has 0 bridgehead atoms. The van der Waals surface area contributed by atoms with E-state index >= 15 is 0 Å². The van der Waals surface area contributed by atoms with Crippen molar-refractivity contribution in [2.75, 3.05) is 0 Å². The minimum atomic E-state index is 0.845. The van der Waals surface area contributed by atoms with E-state index in [2.05, 4.69) is 62.7 Å². The van der Waals surface area contributed by atoms with Crippen LogP contribution in [0.1, 0.15) is 55.4 Å². The number of hydrogen-bond donors (Lipinski definition) is 0. The van der Waals surface area contributed by atoms with Gasteiger partial charge >= 0.3 is 0 Å². The lowest BCUT2D eigenvalue weighted by molar-refractivity contribution is 0.352. The van der Waals surface area contributed by atoms with Gasteiger partial charge < -0.3 is 0 Å². The average molecular weight is 261 g/mol. The molecule has 0 heterocycles. The maximum absolute atomic E-state index is 2.80. The summed E-state index contributed by atoms with van der Waals surface area (Å²) in [6.45, 7) is 19.8. The van der Waals surface area contributed by atoms with Gasteiger partial charge in [0, 0.05) is 0 Å². The Morgan fingerprint density at radius 2 is 0.579 bits per heavy atom. The Balaban J connectivity index is 2.09. The quantitative estimate of drug-likeness (QED) is 0.585. The van der Waals surface area contributed by atoms with E-state index < -0.39 is 0 Å². The van der Waals surface area contributed by atoms with E-state index in [1.165, 1.54) is 0 Å². The molecule has 0 aromatic heterocycles. The molecule has 0 aliphatic heterocycles. The lowest BCUT2D eigenvalue weighted by Crippen LogP contribution is -2.23. The molecule has 2 saturated carbocycles. The Kier molecular flexibility index (Phi) is 4.43. The zero-order valence-electron chi connectivity index (χ0n) is 14.4. The van der Waals surface area contributed by atoms with Crippen LogP contribution >= 0.6 is 0 Å². The molecular formula is C18H34B. The fourth-order valence-corrected chi connectivity index (χ4v) is 5.23. The largest absolute Gasteiger partial charge is 0.119 e. The van der Waals surface area contributed by atoms with Crippen molar-refractivity contribution in [2.24, 2.45) is 47.3 Å². The molecule has 2 rings (SSSR count). The molecule has 0 nitrogen and oxygen atoms in total. The highest BCUT2D eigenvalue weighted by Crippen LogP contribution is 2.55. The third-order valence-electron chi connectivity index (χ3n) is 7.85. The first-order chi connectivity index (χ1) is 8.77. The van der Waals surface area contributed by atoms with Gasteiger partial charge in [0.2, 0.25) is 0 Å². The highest BCUT2D eigenvalue weighted by molar-refractivity contribution is 6.40. The summed E-state index contributed by atoms with van der Waals surface area (Å²) in [4.78, 5) is 0. The number of rotatable bonds is 2. The standard InChI is InChI=1S/C18H34B/c1-9-10(2)14(6)17(13(9)5)19-18-15(7)11(3)12(4)16(18)8/h9-18H,1-8H3/t9-,10+,11-,12+,13-,14+,15-,16+,17?,18?. The van der Waals surface area contributed by atoms with Crippen LogP contribution in [0.3, 0.4) is 0 Å². The molecule has 2 fully saturated rings. The molecule has 0 spiro atoms. The summed E-state index contributed by atoms with van der Waals surface area (Å²) >= 11 is 0. The monoisotopic (exact) mass is 261 g/mol. The van der Waals surface area contributed by atoms with Crippen LogP contribution in [0.15, 0.2) is 0 Å². The van der Waals surface area contributed by atoms with E-state index in [1.807, 2.05) is 0 Å². The number of hydrogen-bond acceptors (Lipinski definition) is 0. The van der Waals surface area contributed by atoms with Crippen molar-refractivity contribution in [3.05, 3.63) is 0 Å². The molecule has 0 N–H and O–H groups in total. The molecule has 0 aromatic rings. The Labute approximate surface area is 122 Å². The minimum absolute atomic E-state index is 0.845. The van der Waals surface area contributed by atoms with Crippen LogP contribution in [-0.2, 0) is 0 Å². The van der Waals surface area contributed by atoms with Gasteiger partial charge in [-0.2, -0.15) is 0 Å². The van der Waals surface area contributed by atoms with Crippen LogP contribution in [0.25, 0.3) is 0 Å². The molecule has 1 radical (unpaired) electrons. The molecule has 19 heavy (non-hydrogen) atoms. The SMILES string of the molecule is C[C@@H]1[C@H](C)[C@H](C)C([B]C2[C@@H](C)[C@@H](C)[C@@H](C)[C@H]2C)[C@@H]1C. The second kappa shape index (κ2) is 5.45. The van der Waals surface area contributed by atoms with Gasteiger partial charge in [-0.1, -0.05) is 67.0 Å².